The molecule has 0 spiro atoms. The van der Waals surface area contributed by atoms with E-state index in [1.807, 2.05) is 0 Å². The molecular weight excluding hydrogens is 783 g/mol. The molecule has 0 aromatic carbocycles. The predicted molar refractivity (Wildman–Crippen MR) is 246 cm³/mol. The minimum atomic E-state index is -2.77. The quantitative estimate of drug-likeness (QED) is 0.0926. The van der Waals surface area contributed by atoms with Gasteiger partial charge in [-0.15, -0.1) is 0 Å². The maximum Gasteiger partial charge on any atom is 0.336 e. The average Bonchev–Trinajstić information content (AvgIpc) is 3.03. The summed E-state index contributed by atoms with van der Waals surface area (Å²) in [5.74, 6) is -3.32. The highest BCUT2D eigenvalue weighted by atomic mass is 16.6. The monoisotopic (exact) mass is 874 g/mol. The Morgan fingerprint density at radius 3 is 1.06 bits per heavy atom. The normalized spacial score (nSPS) is 36.5. The maximum absolute atomic E-state index is 15.5. The Morgan fingerprint density at radius 1 is 0.452 bits per heavy atom. The largest absolute Gasteiger partial charge is 0.462 e. The van der Waals surface area contributed by atoms with Crippen molar-refractivity contribution in [1.29, 1.82) is 0 Å². The van der Waals surface area contributed by atoms with Crippen molar-refractivity contribution in [3.05, 3.63) is 0 Å². The fourth-order valence-electron chi connectivity index (χ4n) is 12.0. The van der Waals surface area contributed by atoms with Crippen LogP contribution in [-0.4, -0.2) is 81.5 Å². The number of rotatable bonds is 13. The van der Waals surface area contributed by atoms with Crippen LogP contribution in [0.1, 0.15) is 203 Å². The molecule has 1 saturated carbocycles. The molecule has 4 aliphatic rings. The van der Waals surface area contributed by atoms with Gasteiger partial charge in [0.2, 0.25) is 0 Å². The minimum absolute atomic E-state index is 0.173. The van der Waals surface area contributed by atoms with Crippen LogP contribution < -0.4 is 16.0 Å². The van der Waals surface area contributed by atoms with Crippen molar-refractivity contribution in [1.82, 2.24) is 16.0 Å². The summed E-state index contributed by atoms with van der Waals surface area (Å²) in [7, 11) is 0. The average molecular weight is 874 g/mol. The van der Waals surface area contributed by atoms with E-state index in [9.17, 15) is 4.79 Å². The van der Waals surface area contributed by atoms with Gasteiger partial charge in [0, 0.05) is 71.8 Å². The second-order valence-electron chi connectivity index (χ2n) is 25.8. The van der Waals surface area contributed by atoms with Crippen LogP contribution in [0.4, 0.5) is 0 Å². The summed E-state index contributed by atoms with van der Waals surface area (Å²) in [6.07, 6.45) is 1.42. The highest BCUT2D eigenvalue weighted by Crippen LogP contribution is 2.51. The maximum atomic E-state index is 15.5. The lowest BCUT2D eigenvalue weighted by Gasteiger charge is -2.51. The van der Waals surface area contributed by atoms with E-state index in [0.29, 0.717) is 51.4 Å². The molecule has 0 amide bonds. The summed E-state index contributed by atoms with van der Waals surface area (Å²) in [4.78, 5) is 61.1. The lowest BCUT2D eigenvalue weighted by atomic mass is 9.59. The molecule has 62 heavy (non-hydrogen) atoms. The van der Waals surface area contributed by atoms with Crippen molar-refractivity contribution < 1.29 is 38.1 Å². The zero-order chi connectivity index (χ0) is 47.4. The smallest absolute Gasteiger partial charge is 0.336 e. The second-order valence-corrected chi connectivity index (χ2v) is 25.8. The van der Waals surface area contributed by atoms with E-state index in [1.54, 1.807) is 0 Å². The van der Waals surface area contributed by atoms with Gasteiger partial charge in [0.15, 0.2) is 0 Å². The molecule has 3 N–H and O–H groups in total. The van der Waals surface area contributed by atoms with E-state index in [4.69, 9.17) is 18.9 Å². The Balaban J connectivity index is 1.87. The molecule has 0 aromatic rings. The summed E-state index contributed by atoms with van der Waals surface area (Å²) in [5.41, 5.74) is -5.59. The minimum Gasteiger partial charge on any atom is -0.462 e. The zero-order valence-electron chi connectivity index (χ0n) is 43.0. The Bertz CT molecular complexity index is 1510. The molecular formula is C51H91N3O8. The van der Waals surface area contributed by atoms with E-state index >= 15 is 14.4 Å². The summed E-state index contributed by atoms with van der Waals surface area (Å²) >= 11 is 0. The molecule has 358 valence electrons. The first-order valence-electron chi connectivity index (χ1n) is 24.1. The van der Waals surface area contributed by atoms with Gasteiger partial charge in [-0.1, -0.05) is 76.2 Å². The van der Waals surface area contributed by atoms with Crippen molar-refractivity contribution >= 4 is 23.9 Å². The molecule has 3 aliphatic heterocycles. The standard InChI is InChI=1S/C51H91N3O8/c1-31(2)47(17)25-35(21-43(9,10)30-47)60-40(56)51(41(57)61-37-23-45(13,14)53-49(19,27-37)33(5)6,42(58)62-38-24-46(15,16)54-50(20,28-38)34(7)8)29-39(55)59-36-22-44(11,12)52-48(18,26-36)32(3)4/h31-38,52-54H,21-30H2,1-20H3. The Labute approximate surface area is 377 Å². The molecule has 1 aliphatic carbocycles. The van der Waals surface area contributed by atoms with Crippen molar-refractivity contribution in [3.8, 4) is 0 Å². The lowest BCUT2D eigenvalue weighted by molar-refractivity contribution is -0.200. The van der Waals surface area contributed by atoms with Gasteiger partial charge in [0.25, 0.3) is 5.41 Å². The highest BCUT2D eigenvalue weighted by molar-refractivity contribution is 6.20. The summed E-state index contributed by atoms with van der Waals surface area (Å²) < 4.78 is 25.8. The Kier molecular flexibility index (Phi) is 15.1. The van der Waals surface area contributed by atoms with E-state index in [-0.39, 0.29) is 45.6 Å². The van der Waals surface area contributed by atoms with Crippen LogP contribution in [0.5, 0.6) is 0 Å². The topological polar surface area (TPSA) is 141 Å². The van der Waals surface area contributed by atoms with Crippen LogP contribution in [-0.2, 0) is 38.1 Å². The van der Waals surface area contributed by atoms with Crippen molar-refractivity contribution in [3.63, 3.8) is 0 Å². The second kappa shape index (κ2) is 17.9. The number of esters is 4. The van der Waals surface area contributed by atoms with Gasteiger partial charge in [0.05, 0.1) is 6.42 Å². The Hall–Kier alpha value is -2.24. The van der Waals surface area contributed by atoms with E-state index in [0.717, 1.165) is 6.42 Å². The number of carbonyl (C=O) groups is 4. The van der Waals surface area contributed by atoms with Crippen molar-refractivity contribution in [2.24, 2.45) is 39.9 Å². The number of piperidine rings is 3. The van der Waals surface area contributed by atoms with E-state index < -0.39 is 82.3 Å². The first-order valence-corrected chi connectivity index (χ1v) is 24.1. The van der Waals surface area contributed by atoms with E-state index in [2.05, 4.69) is 154 Å². The summed E-state index contributed by atoms with van der Waals surface area (Å²) in [5, 5.41) is 11.3. The zero-order valence-corrected chi connectivity index (χ0v) is 43.0. The fourth-order valence-corrected chi connectivity index (χ4v) is 12.0. The van der Waals surface area contributed by atoms with Gasteiger partial charge < -0.3 is 34.9 Å². The molecule has 4 rings (SSSR count). The first-order chi connectivity index (χ1) is 27.9. The predicted octanol–water partition coefficient (Wildman–Crippen LogP) is 9.61. The van der Waals surface area contributed by atoms with Crippen LogP contribution in [0.25, 0.3) is 0 Å². The fraction of sp³-hybridized carbons (Fsp3) is 0.922. The van der Waals surface area contributed by atoms with Crippen LogP contribution >= 0.6 is 0 Å². The first kappa shape index (κ1) is 52.4. The molecule has 0 radical (unpaired) electrons. The van der Waals surface area contributed by atoms with Gasteiger partial charge in [-0.25, -0.2) is 0 Å². The van der Waals surface area contributed by atoms with Crippen LogP contribution in [0, 0.1) is 39.9 Å². The van der Waals surface area contributed by atoms with Gasteiger partial charge in [-0.05, 0) is 116 Å². The summed E-state index contributed by atoms with van der Waals surface area (Å²) in [6, 6.07) is 0. The molecule has 8 atom stereocenters. The van der Waals surface area contributed by atoms with Gasteiger partial charge in [0.1, 0.15) is 24.4 Å². The molecule has 3 saturated heterocycles. The summed E-state index contributed by atoms with van der Waals surface area (Å²) in [6.45, 7) is 42.4. The van der Waals surface area contributed by atoms with Gasteiger partial charge in [-0.2, -0.15) is 0 Å². The van der Waals surface area contributed by atoms with Gasteiger partial charge in [-0.3, -0.25) is 19.2 Å². The van der Waals surface area contributed by atoms with Crippen LogP contribution in [0.2, 0.25) is 0 Å². The number of hydrogen-bond acceptors (Lipinski definition) is 11. The molecule has 0 aromatic heterocycles. The molecule has 0 bridgehead atoms. The van der Waals surface area contributed by atoms with E-state index in [1.165, 1.54) is 0 Å². The SMILES string of the molecule is CC(C)C1(C)CC(OC(=O)C(CC(=O)OC2CC(C)(C)NC(C)(C(C)C)C2)(C(=O)OC2CC(C)(C)NC(C)(C(C)C)C2)C(=O)OC2CC(C)(C)NC(C)(C(C)C)C2)CC(C)(C)C1. The third-order valence-electron chi connectivity index (χ3n) is 16.2. The molecule has 11 nitrogen and oxygen atoms in total. The number of ether oxygens (including phenoxy) is 4. The number of hydrogen-bond donors (Lipinski definition) is 3. The molecule has 3 heterocycles. The highest BCUT2D eigenvalue weighted by Gasteiger charge is 2.63. The van der Waals surface area contributed by atoms with Crippen molar-refractivity contribution in [2.45, 2.75) is 260 Å². The van der Waals surface area contributed by atoms with Crippen LogP contribution in [0.3, 0.4) is 0 Å². The third kappa shape index (κ3) is 12.0. The lowest BCUT2D eigenvalue weighted by Crippen LogP contribution is -2.65. The Morgan fingerprint density at radius 2 is 0.758 bits per heavy atom. The molecule has 4 fully saturated rings. The van der Waals surface area contributed by atoms with Gasteiger partial charge >= 0.3 is 23.9 Å². The van der Waals surface area contributed by atoms with Crippen LogP contribution in [0.15, 0.2) is 0 Å². The van der Waals surface area contributed by atoms with Crippen molar-refractivity contribution in [2.75, 3.05) is 0 Å². The molecule has 11 heteroatoms. The number of carbonyl (C=O) groups excluding carboxylic acids is 4. The third-order valence-corrected chi connectivity index (χ3v) is 16.2. The number of nitrogens with one attached hydrogen (secondary N) is 3. The molecule has 8 unspecified atom stereocenters.